The third-order valence-electron chi connectivity index (χ3n) is 4.08. The van der Waals surface area contributed by atoms with Gasteiger partial charge in [0, 0.05) is 35.0 Å². The van der Waals surface area contributed by atoms with E-state index in [1.807, 2.05) is 0 Å². The van der Waals surface area contributed by atoms with Gasteiger partial charge in [0.25, 0.3) is 0 Å². The largest absolute Gasteiger partial charge is 0.497 e. The molecule has 0 unspecified atom stereocenters. The van der Waals surface area contributed by atoms with Gasteiger partial charge in [0.2, 0.25) is 0 Å². The SMILES string of the molecule is COc1cc(OC)cc(-c2nc(C)nc(C)c2-c2c(F)cc(F)cc2F)c1. The molecule has 1 aromatic heterocycles. The molecule has 0 saturated heterocycles. The van der Waals surface area contributed by atoms with E-state index in [9.17, 15) is 13.2 Å². The molecule has 0 spiro atoms. The van der Waals surface area contributed by atoms with Crippen molar-refractivity contribution in [3.05, 3.63) is 59.3 Å². The van der Waals surface area contributed by atoms with Crippen LogP contribution in [0.15, 0.2) is 30.3 Å². The summed E-state index contributed by atoms with van der Waals surface area (Å²) >= 11 is 0. The van der Waals surface area contributed by atoms with Crippen molar-refractivity contribution in [3.8, 4) is 33.9 Å². The van der Waals surface area contributed by atoms with Crippen molar-refractivity contribution in [2.45, 2.75) is 13.8 Å². The van der Waals surface area contributed by atoms with Crippen LogP contribution in [0.2, 0.25) is 0 Å². The Balaban J connectivity index is 2.37. The predicted octanol–water partition coefficient (Wildman–Crippen LogP) is 4.86. The molecule has 0 aliphatic rings. The Kier molecular flexibility index (Phi) is 5.03. The first-order valence-electron chi connectivity index (χ1n) is 8.07. The number of nitrogens with zero attached hydrogens (tertiary/aromatic N) is 2. The summed E-state index contributed by atoms with van der Waals surface area (Å²) in [4.78, 5) is 8.61. The smallest absolute Gasteiger partial charge is 0.137 e. The van der Waals surface area contributed by atoms with Crippen LogP contribution in [0.3, 0.4) is 0 Å². The van der Waals surface area contributed by atoms with E-state index in [1.54, 1.807) is 32.0 Å². The molecule has 2 aromatic carbocycles. The van der Waals surface area contributed by atoms with Crippen LogP contribution < -0.4 is 9.47 Å². The third-order valence-corrected chi connectivity index (χ3v) is 4.08. The summed E-state index contributed by atoms with van der Waals surface area (Å²) in [5.74, 6) is -1.65. The van der Waals surface area contributed by atoms with Gasteiger partial charge in [-0.05, 0) is 26.0 Å². The lowest BCUT2D eigenvalue weighted by molar-refractivity contribution is 0.394. The van der Waals surface area contributed by atoms with E-state index in [-0.39, 0.29) is 11.1 Å². The minimum atomic E-state index is -1.03. The molecule has 0 aliphatic carbocycles. The molecule has 0 N–H and O–H groups in total. The van der Waals surface area contributed by atoms with Crippen LogP contribution in [0.5, 0.6) is 11.5 Å². The standard InChI is InChI=1S/C20H17F3N2O2/c1-10-18(19-16(22)7-13(21)8-17(19)23)20(25-11(2)24-10)12-5-14(26-3)9-15(6-12)27-4/h5-9H,1-4H3. The highest BCUT2D eigenvalue weighted by atomic mass is 19.1. The van der Waals surface area contributed by atoms with Crippen LogP contribution in [0.1, 0.15) is 11.5 Å². The number of ether oxygens (including phenoxy) is 2. The number of hydrogen-bond donors (Lipinski definition) is 0. The normalized spacial score (nSPS) is 10.8. The number of rotatable bonds is 4. The van der Waals surface area contributed by atoms with Crippen molar-refractivity contribution >= 4 is 0 Å². The quantitative estimate of drug-likeness (QED) is 0.654. The first-order chi connectivity index (χ1) is 12.8. The molecule has 7 heteroatoms. The van der Waals surface area contributed by atoms with Gasteiger partial charge in [0.1, 0.15) is 34.8 Å². The van der Waals surface area contributed by atoms with Gasteiger partial charge in [-0.25, -0.2) is 23.1 Å². The minimum absolute atomic E-state index is 0.144. The van der Waals surface area contributed by atoms with Crippen LogP contribution in [-0.2, 0) is 0 Å². The molecule has 0 atom stereocenters. The van der Waals surface area contributed by atoms with Crippen LogP contribution in [0.25, 0.3) is 22.4 Å². The van der Waals surface area contributed by atoms with Crippen molar-refractivity contribution in [3.63, 3.8) is 0 Å². The summed E-state index contributed by atoms with van der Waals surface area (Å²) in [6.45, 7) is 3.29. The first-order valence-corrected chi connectivity index (χ1v) is 8.07. The fourth-order valence-corrected chi connectivity index (χ4v) is 2.95. The Hall–Kier alpha value is -3.09. The highest BCUT2D eigenvalue weighted by Crippen LogP contribution is 2.38. The summed E-state index contributed by atoms with van der Waals surface area (Å²) in [7, 11) is 2.99. The van der Waals surface area contributed by atoms with E-state index in [1.165, 1.54) is 14.2 Å². The Labute approximate surface area is 154 Å². The van der Waals surface area contributed by atoms with Gasteiger partial charge >= 0.3 is 0 Å². The zero-order chi connectivity index (χ0) is 19.7. The predicted molar refractivity (Wildman–Crippen MR) is 95.4 cm³/mol. The fraction of sp³-hybridized carbons (Fsp3) is 0.200. The topological polar surface area (TPSA) is 44.2 Å². The number of methoxy groups -OCH3 is 2. The lowest BCUT2D eigenvalue weighted by Crippen LogP contribution is -2.03. The third kappa shape index (κ3) is 3.58. The van der Waals surface area contributed by atoms with Crippen molar-refractivity contribution in [2.24, 2.45) is 0 Å². The van der Waals surface area contributed by atoms with Crippen LogP contribution in [-0.4, -0.2) is 24.2 Å². The van der Waals surface area contributed by atoms with Gasteiger partial charge in [-0.15, -0.1) is 0 Å². The lowest BCUT2D eigenvalue weighted by Gasteiger charge is -2.16. The summed E-state index contributed by atoms with van der Waals surface area (Å²) < 4.78 is 52.9. The Morgan fingerprint density at radius 3 is 1.81 bits per heavy atom. The highest BCUT2D eigenvalue weighted by molar-refractivity contribution is 5.83. The number of halogens is 3. The molecule has 0 saturated carbocycles. The molecule has 0 bridgehead atoms. The second kappa shape index (κ2) is 7.26. The summed E-state index contributed by atoms with van der Waals surface area (Å²) in [6.07, 6.45) is 0. The molecule has 3 rings (SSSR count). The number of hydrogen-bond acceptors (Lipinski definition) is 4. The highest BCUT2D eigenvalue weighted by Gasteiger charge is 2.22. The Morgan fingerprint density at radius 2 is 1.30 bits per heavy atom. The minimum Gasteiger partial charge on any atom is -0.497 e. The van der Waals surface area contributed by atoms with Gasteiger partial charge < -0.3 is 9.47 Å². The molecule has 4 nitrogen and oxygen atoms in total. The van der Waals surface area contributed by atoms with Crippen molar-refractivity contribution in [2.75, 3.05) is 14.2 Å². The monoisotopic (exact) mass is 374 g/mol. The van der Waals surface area contributed by atoms with Crippen molar-refractivity contribution in [1.29, 1.82) is 0 Å². The molecule has 0 radical (unpaired) electrons. The van der Waals surface area contributed by atoms with Gasteiger partial charge in [0.15, 0.2) is 0 Å². The van der Waals surface area contributed by atoms with Crippen LogP contribution in [0, 0.1) is 31.3 Å². The van der Waals surface area contributed by atoms with E-state index >= 15 is 0 Å². The van der Waals surface area contributed by atoms with Gasteiger partial charge in [0.05, 0.1) is 25.5 Å². The molecule has 1 heterocycles. The van der Waals surface area contributed by atoms with Crippen molar-refractivity contribution < 1.29 is 22.6 Å². The summed E-state index contributed by atoms with van der Waals surface area (Å²) in [5, 5.41) is 0. The molecule has 27 heavy (non-hydrogen) atoms. The number of aromatic nitrogens is 2. The lowest BCUT2D eigenvalue weighted by atomic mass is 9.96. The number of benzene rings is 2. The van der Waals surface area contributed by atoms with Crippen molar-refractivity contribution in [1.82, 2.24) is 9.97 Å². The van der Waals surface area contributed by atoms with E-state index in [0.717, 1.165) is 0 Å². The van der Waals surface area contributed by atoms with Crippen LogP contribution in [0.4, 0.5) is 13.2 Å². The fourth-order valence-electron chi connectivity index (χ4n) is 2.95. The molecular formula is C20H17F3N2O2. The van der Waals surface area contributed by atoms with Crippen LogP contribution >= 0.6 is 0 Å². The van der Waals surface area contributed by atoms with Gasteiger partial charge in [-0.2, -0.15) is 0 Å². The second-order valence-electron chi connectivity index (χ2n) is 5.93. The molecule has 140 valence electrons. The van der Waals surface area contributed by atoms with E-state index < -0.39 is 17.5 Å². The van der Waals surface area contributed by atoms with Gasteiger partial charge in [-0.1, -0.05) is 0 Å². The first kappa shape index (κ1) is 18.7. The number of aryl methyl sites for hydroxylation is 2. The summed E-state index contributed by atoms with van der Waals surface area (Å²) in [5.41, 5.74) is 0.944. The molecule has 3 aromatic rings. The second-order valence-corrected chi connectivity index (χ2v) is 5.93. The maximum absolute atomic E-state index is 14.5. The zero-order valence-electron chi connectivity index (χ0n) is 15.2. The molecule has 0 fully saturated rings. The maximum Gasteiger partial charge on any atom is 0.137 e. The van der Waals surface area contributed by atoms with E-state index in [0.29, 0.717) is 46.4 Å². The molecule has 0 amide bonds. The molecular weight excluding hydrogens is 357 g/mol. The van der Waals surface area contributed by atoms with E-state index in [2.05, 4.69) is 9.97 Å². The Morgan fingerprint density at radius 1 is 0.741 bits per heavy atom. The maximum atomic E-state index is 14.5. The summed E-state index contributed by atoms with van der Waals surface area (Å²) in [6, 6.07) is 6.28. The average Bonchev–Trinajstić information content (AvgIpc) is 2.61. The average molecular weight is 374 g/mol. The zero-order valence-corrected chi connectivity index (χ0v) is 15.2. The van der Waals surface area contributed by atoms with Gasteiger partial charge in [-0.3, -0.25) is 0 Å². The molecule has 0 aliphatic heterocycles. The Bertz CT molecular complexity index is 977. The van der Waals surface area contributed by atoms with E-state index in [4.69, 9.17) is 9.47 Å².